The molecular weight excluding hydrogens is 404 g/mol. The van der Waals surface area contributed by atoms with Gasteiger partial charge < -0.3 is 0 Å². The first-order valence-electron chi connectivity index (χ1n) is 10.7. The van der Waals surface area contributed by atoms with Crippen LogP contribution in [-0.2, 0) is 25.7 Å². The lowest BCUT2D eigenvalue weighted by atomic mass is 9.88. The summed E-state index contributed by atoms with van der Waals surface area (Å²) in [4.78, 5) is 52.6. The third kappa shape index (κ3) is 2.09. The van der Waals surface area contributed by atoms with E-state index in [-0.39, 0.29) is 21.5 Å². The minimum absolute atomic E-state index is 0.164. The van der Waals surface area contributed by atoms with E-state index in [1.54, 1.807) is 12.1 Å². The monoisotopic (exact) mass is 420 g/mol. The Bertz CT molecular complexity index is 1650. The largest absolute Gasteiger partial charge is 0.268 e. The van der Waals surface area contributed by atoms with Gasteiger partial charge in [-0.3, -0.25) is 19.2 Å². The van der Waals surface area contributed by atoms with Crippen LogP contribution in [0.5, 0.6) is 0 Å². The predicted molar refractivity (Wildman–Crippen MR) is 122 cm³/mol. The Morgan fingerprint density at radius 1 is 0.438 bits per heavy atom. The second-order valence-corrected chi connectivity index (χ2v) is 8.74. The van der Waals surface area contributed by atoms with Crippen molar-refractivity contribution < 1.29 is 0 Å². The van der Waals surface area contributed by atoms with E-state index in [1.807, 2.05) is 24.3 Å². The van der Waals surface area contributed by atoms with Crippen LogP contribution in [0.1, 0.15) is 22.3 Å². The Hall–Kier alpha value is -4.06. The Labute approximate surface area is 180 Å². The molecule has 154 valence electrons. The minimum Gasteiger partial charge on any atom is -0.268 e. The van der Waals surface area contributed by atoms with Crippen molar-refractivity contribution in [2.24, 2.45) is 0 Å². The summed E-state index contributed by atoms with van der Waals surface area (Å²) in [5, 5.41) is 0.654. The Morgan fingerprint density at radius 3 is 1.06 bits per heavy atom. The van der Waals surface area contributed by atoms with Crippen molar-refractivity contribution >= 4 is 21.5 Å². The maximum absolute atomic E-state index is 13.1. The van der Waals surface area contributed by atoms with E-state index in [9.17, 15) is 19.2 Å². The molecule has 0 fully saturated rings. The second kappa shape index (κ2) is 5.79. The molecule has 0 N–H and O–H groups in total. The summed E-state index contributed by atoms with van der Waals surface area (Å²) in [6.07, 6.45) is 3.88. The molecule has 3 aromatic carbocycles. The van der Waals surface area contributed by atoms with Gasteiger partial charge in [0.05, 0.1) is 32.9 Å². The fraction of sp³-hybridized carbons (Fsp3) is 0.154. The molecular formula is C26H16N2O4. The Balaban J connectivity index is 1.50. The van der Waals surface area contributed by atoms with Crippen LogP contribution in [0.3, 0.4) is 0 Å². The average Bonchev–Trinajstić information content (AvgIpc) is 3.14. The van der Waals surface area contributed by atoms with Crippen LogP contribution in [0.15, 0.2) is 67.7 Å². The lowest BCUT2D eigenvalue weighted by molar-refractivity contribution is 0.831. The van der Waals surface area contributed by atoms with Gasteiger partial charge in [-0.2, -0.15) is 0 Å². The SMILES string of the molecule is O=c1c2cc3c(=O)n(-c4ccc5c(c4)CC5)c(=O)c3cc2c(=O)n1-c1ccc2c(c1)CC2. The predicted octanol–water partition coefficient (Wildman–Crippen LogP) is 2.09. The summed E-state index contributed by atoms with van der Waals surface area (Å²) < 4.78 is 2.28. The molecule has 0 amide bonds. The van der Waals surface area contributed by atoms with Crippen LogP contribution >= 0.6 is 0 Å². The standard InChI is InChI=1S/C26H16N2O4/c29-23-19-11-21-22(26(32)28(25(21)31)18-8-6-14-2-4-16(14)10-18)12-20(19)24(30)27(23)17-7-5-13-1-3-15(13)9-17/h5-12H,1-4H2. The van der Waals surface area contributed by atoms with Gasteiger partial charge in [-0.25, -0.2) is 9.13 Å². The van der Waals surface area contributed by atoms with Crippen LogP contribution in [0.4, 0.5) is 0 Å². The quantitative estimate of drug-likeness (QED) is 0.438. The van der Waals surface area contributed by atoms with Crippen molar-refractivity contribution in [2.75, 3.05) is 0 Å². The summed E-state index contributed by atoms with van der Waals surface area (Å²) in [5.41, 5.74) is 3.93. The van der Waals surface area contributed by atoms with Crippen molar-refractivity contribution in [1.29, 1.82) is 0 Å². The number of aryl methyl sites for hydroxylation is 4. The Morgan fingerprint density at radius 2 is 0.781 bits per heavy atom. The fourth-order valence-electron chi connectivity index (χ4n) is 5.08. The fourth-order valence-corrected chi connectivity index (χ4v) is 5.08. The number of hydrogen-bond acceptors (Lipinski definition) is 4. The molecule has 6 nitrogen and oxygen atoms in total. The third-order valence-electron chi connectivity index (χ3n) is 7.12. The van der Waals surface area contributed by atoms with Crippen LogP contribution in [0.25, 0.3) is 32.9 Å². The summed E-state index contributed by atoms with van der Waals surface area (Å²) in [7, 11) is 0. The number of fused-ring (bicyclic) bond motifs is 4. The van der Waals surface area contributed by atoms with Crippen LogP contribution < -0.4 is 22.2 Å². The topological polar surface area (TPSA) is 78.1 Å². The highest BCUT2D eigenvalue weighted by molar-refractivity contribution is 5.98. The lowest BCUT2D eigenvalue weighted by Crippen LogP contribution is -2.25. The molecule has 2 aromatic heterocycles. The molecule has 0 atom stereocenters. The van der Waals surface area contributed by atoms with E-state index in [1.165, 1.54) is 23.3 Å². The van der Waals surface area contributed by atoms with Crippen molar-refractivity contribution in [2.45, 2.75) is 25.7 Å². The van der Waals surface area contributed by atoms with Gasteiger partial charge in [0.1, 0.15) is 0 Å². The maximum atomic E-state index is 13.1. The molecule has 2 aliphatic carbocycles. The average molecular weight is 420 g/mol. The zero-order chi connectivity index (χ0) is 21.7. The molecule has 0 saturated heterocycles. The zero-order valence-corrected chi connectivity index (χ0v) is 17.0. The maximum Gasteiger partial charge on any atom is 0.266 e. The highest BCUT2D eigenvalue weighted by atomic mass is 16.2. The molecule has 0 unspecified atom stereocenters. The number of aromatic nitrogens is 2. The summed E-state index contributed by atoms with van der Waals surface area (Å²) in [5.74, 6) is 0. The molecule has 0 saturated carbocycles. The summed E-state index contributed by atoms with van der Waals surface area (Å²) in [6.45, 7) is 0. The normalized spacial score (nSPS) is 14.2. The molecule has 6 heteroatoms. The van der Waals surface area contributed by atoms with Crippen molar-refractivity contribution in [3.8, 4) is 11.4 Å². The van der Waals surface area contributed by atoms with Gasteiger partial charge >= 0.3 is 0 Å². The van der Waals surface area contributed by atoms with Gasteiger partial charge in [-0.1, -0.05) is 12.1 Å². The van der Waals surface area contributed by atoms with Crippen LogP contribution in [-0.4, -0.2) is 9.13 Å². The zero-order valence-electron chi connectivity index (χ0n) is 17.0. The first-order chi connectivity index (χ1) is 15.5. The van der Waals surface area contributed by atoms with E-state index < -0.39 is 22.2 Å². The molecule has 32 heavy (non-hydrogen) atoms. The summed E-state index contributed by atoms with van der Waals surface area (Å²) in [6, 6.07) is 14.0. The molecule has 7 rings (SSSR count). The summed E-state index contributed by atoms with van der Waals surface area (Å²) >= 11 is 0. The minimum atomic E-state index is -0.466. The highest BCUT2D eigenvalue weighted by Gasteiger charge is 2.23. The number of rotatable bonds is 2. The Kier molecular flexibility index (Phi) is 3.19. The molecule has 0 spiro atoms. The van der Waals surface area contributed by atoms with E-state index in [0.29, 0.717) is 11.4 Å². The highest BCUT2D eigenvalue weighted by Crippen LogP contribution is 2.26. The second-order valence-electron chi connectivity index (χ2n) is 8.74. The van der Waals surface area contributed by atoms with E-state index in [2.05, 4.69) is 0 Å². The van der Waals surface area contributed by atoms with E-state index >= 15 is 0 Å². The van der Waals surface area contributed by atoms with Crippen LogP contribution in [0, 0.1) is 0 Å². The number of benzene rings is 3. The lowest BCUT2D eigenvalue weighted by Gasteiger charge is -2.19. The van der Waals surface area contributed by atoms with Crippen molar-refractivity contribution in [3.05, 3.63) is 112 Å². The third-order valence-corrected chi connectivity index (χ3v) is 7.12. The number of hydrogen-bond donors (Lipinski definition) is 0. The molecule has 2 heterocycles. The molecule has 2 aliphatic rings. The molecule has 5 aromatic rings. The van der Waals surface area contributed by atoms with E-state index in [0.717, 1.165) is 45.9 Å². The van der Waals surface area contributed by atoms with Gasteiger partial charge in [-0.05, 0) is 84.3 Å². The molecule has 0 radical (unpaired) electrons. The number of nitrogens with zero attached hydrogens (tertiary/aromatic N) is 2. The smallest absolute Gasteiger partial charge is 0.266 e. The van der Waals surface area contributed by atoms with Crippen LogP contribution in [0.2, 0.25) is 0 Å². The first kappa shape index (κ1) is 17.6. The van der Waals surface area contributed by atoms with Gasteiger partial charge in [0.2, 0.25) is 0 Å². The van der Waals surface area contributed by atoms with Gasteiger partial charge in [-0.15, -0.1) is 0 Å². The molecule has 0 bridgehead atoms. The van der Waals surface area contributed by atoms with E-state index in [4.69, 9.17) is 0 Å². The van der Waals surface area contributed by atoms with Gasteiger partial charge in [0.25, 0.3) is 22.2 Å². The van der Waals surface area contributed by atoms with Gasteiger partial charge in [0, 0.05) is 0 Å². The van der Waals surface area contributed by atoms with Crippen molar-refractivity contribution in [3.63, 3.8) is 0 Å². The molecule has 0 aliphatic heterocycles. The first-order valence-corrected chi connectivity index (χ1v) is 10.7. The van der Waals surface area contributed by atoms with Crippen molar-refractivity contribution in [1.82, 2.24) is 9.13 Å². The van der Waals surface area contributed by atoms with Gasteiger partial charge in [0.15, 0.2) is 0 Å².